The summed E-state index contributed by atoms with van der Waals surface area (Å²) in [5.41, 5.74) is 0. The smallest absolute Gasteiger partial charge is 0.0606 e. The Morgan fingerprint density at radius 3 is 1.30 bits per heavy atom. The molecule has 3 nitrogen and oxygen atoms in total. The molecule has 0 bridgehead atoms. The molecule has 0 unspecified atom stereocenters. The van der Waals surface area contributed by atoms with Gasteiger partial charge in [-0.3, -0.25) is 0 Å². The van der Waals surface area contributed by atoms with E-state index in [2.05, 4.69) is 13.0 Å². The van der Waals surface area contributed by atoms with E-state index in [4.69, 9.17) is 10.2 Å². The Labute approximate surface area is 170 Å². The molecule has 0 aromatic carbocycles. The van der Waals surface area contributed by atoms with Crippen molar-refractivity contribution in [1.82, 2.24) is 4.90 Å². The predicted octanol–water partition coefficient (Wildman–Crippen LogP) is 6.44. The van der Waals surface area contributed by atoms with Crippen LogP contribution in [-0.2, 0) is 0 Å². The number of hydrogen-bond acceptors (Lipinski definition) is 3. The van der Waals surface area contributed by atoms with Crippen molar-refractivity contribution < 1.29 is 10.2 Å². The summed E-state index contributed by atoms with van der Waals surface area (Å²) < 4.78 is 0. The van der Waals surface area contributed by atoms with Crippen molar-refractivity contribution in [2.24, 2.45) is 0 Å². The van der Waals surface area contributed by atoms with Crippen LogP contribution in [0.4, 0.5) is 0 Å². The number of rotatable bonds is 22. The first kappa shape index (κ1) is 26.5. The van der Waals surface area contributed by atoms with Crippen LogP contribution in [0.5, 0.6) is 0 Å². The summed E-state index contributed by atoms with van der Waals surface area (Å²) >= 11 is 0. The van der Waals surface area contributed by atoms with E-state index < -0.39 is 0 Å². The molecular formula is C24H49NO2. The molecule has 0 fully saturated rings. The van der Waals surface area contributed by atoms with Gasteiger partial charge in [-0.25, -0.2) is 0 Å². The van der Waals surface area contributed by atoms with Crippen LogP contribution in [0.3, 0.4) is 0 Å². The standard InChI is InChI=1S/C24H49NO2/c1-2-3-4-5-6-7-8-9-10-11-12-13-14-15-16-17-18-19-20-25(21-23-26)22-24-27/h19-20,26-27H,2-18,21-24H2,1H3/b20-19+. The molecular weight excluding hydrogens is 334 g/mol. The van der Waals surface area contributed by atoms with Gasteiger partial charge in [0.2, 0.25) is 0 Å². The summed E-state index contributed by atoms with van der Waals surface area (Å²) in [6.07, 6.45) is 27.8. The molecule has 27 heavy (non-hydrogen) atoms. The fraction of sp³-hybridized carbons (Fsp3) is 0.917. The molecule has 0 atom stereocenters. The van der Waals surface area contributed by atoms with Crippen LogP contribution in [-0.4, -0.2) is 41.4 Å². The second kappa shape index (κ2) is 23.5. The lowest BCUT2D eigenvalue weighted by atomic mass is 10.0. The van der Waals surface area contributed by atoms with Gasteiger partial charge >= 0.3 is 0 Å². The Morgan fingerprint density at radius 2 is 0.926 bits per heavy atom. The van der Waals surface area contributed by atoms with E-state index in [1.54, 1.807) is 0 Å². The van der Waals surface area contributed by atoms with Crippen molar-refractivity contribution in [3.05, 3.63) is 12.3 Å². The van der Waals surface area contributed by atoms with Crippen LogP contribution in [0.15, 0.2) is 12.3 Å². The summed E-state index contributed by atoms with van der Waals surface area (Å²) in [6.45, 7) is 3.78. The molecule has 0 saturated carbocycles. The van der Waals surface area contributed by atoms with Crippen molar-refractivity contribution in [3.63, 3.8) is 0 Å². The maximum atomic E-state index is 8.96. The van der Waals surface area contributed by atoms with Crippen LogP contribution in [0.1, 0.15) is 116 Å². The lowest BCUT2D eigenvalue weighted by molar-refractivity contribution is 0.198. The fourth-order valence-electron chi connectivity index (χ4n) is 3.55. The lowest BCUT2D eigenvalue weighted by Crippen LogP contribution is -2.24. The van der Waals surface area contributed by atoms with Gasteiger partial charge in [0.05, 0.1) is 13.2 Å². The molecule has 0 aliphatic rings. The average Bonchev–Trinajstić information content (AvgIpc) is 2.67. The SMILES string of the molecule is CCCCCCCCCCCCCCCCCC/C=C/N(CCO)CCO. The van der Waals surface area contributed by atoms with Crippen molar-refractivity contribution in [2.75, 3.05) is 26.3 Å². The van der Waals surface area contributed by atoms with E-state index >= 15 is 0 Å². The minimum absolute atomic E-state index is 0.142. The van der Waals surface area contributed by atoms with Crippen LogP contribution in [0.2, 0.25) is 0 Å². The second-order valence-electron chi connectivity index (χ2n) is 7.96. The van der Waals surface area contributed by atoms with Gasteiger partial charge in [-0.05, 0) is 19.0 Å². The third-order valence-corrected chi connectivity index (χ3v) is 5.31. The third-order valence-electron chi connectivity index (χ3n) is 5.31. The van der Waals surface area contributed by atoms with E-state index in [0.29, 0.717) is 13.1 Å². The van der Waals surface area contributed by atoms with Crippen LogP contribution < -0.4 is 0 Å². The van der Waals surface area contributed by atoms with E-state index in [0.717, 1.165) is 6.42 Å². The zero-order chi connectivity index (χ0) is 19.8. The number of hydrogen-bond donors (Lipinski definition) is 2. The number of allylic oxidation sites excluding steroid dienone is 1. The van der Waals surface area contributed by atoms with Crippen molar-refractivity contribution in [2.45, 2.75) is 116 Å². The van der Waals surface area contributed by atoms with Gasteiger partial charge in [0.25, 0.3) is 0 Å². The van der Waals surface area contributed by atoms with Gasteiger partial charge in [0.1, 0.15) is 0 Å². The molecule has 2 N–H and O–H groups in total. The van der Waals surface area contributed by atoms with Gasteiger partial charge in [-0.2, -0.15) is 0 Å². The molecule has 0 aliphatic heterocycles. The number of nitrogens with zero attached hydrogens (tertiary/aromatic N) is 1. The summed E-state index contributed by atoms with van der Waals surface area (Å²) in [5, 5.41) is 17.9. The van der Waals surface area contributed by atoms with Crippen LogP contribution >= 0.6 is 0 Å². The normalized spacial score (nSPS) is 11.5. The number of aliphatic hydroxyl groups excluding tert-OH is 2. The maximum absolute atomic E-state index is 8.96. The Hall–Kier alpha value is -0.540. The highest BCUT2D eigenvalue weighted by Gasteiger charge is 1.96. The molecule has 0 amide bonds. The molecule has 0 radical (unpaired) electrons. The highest BCUT2D eigenvalue weighted by atomic mass is 16.3. The van der Waals surface area contributed by atoms with Crippen LogP contribution in [0, 0.1) is 0 Å². The lowest BCUT2D eigenvalue weighted by Gasteiger charge is -2.17. The molecule has 0 saturated heterocycles. The minimum atomic E-state index is 0.142. The molecule has 0 rings (SSSR count). The van der Waals surface area contributed by atoms with Crippen molar-refractivity contribution in [1.29, 1.82) is 0 Å². The molecule has 0 aromatic heterocycles. The Kier molecular flexibility index (Phi) is 23.0. The van der Waals surface area contributed by atoms with E-state index in [1.165, 1.54) is 103 Å². The van der Waals surface area contributed by atoms with E-state index in [1.807, 2.05) is 11.1 Å². The van der Waals surface area contributed by atoms with Gasteiger partial charge in [0, 0.05) is 13.1 Å². The van der Waals surface area contributed by atoms with Gasteiger partial charge in [0.15, 0.2) is 0 Å². The summed E-state index contributed by atoms with van der Waals surface area (Å²) in [4.78, 5) is 1.98. The number of unbranched alkanes of at least 4 members (excludes halogenated alkanes) is 16. The van der Waals surface area contributed by atoms with Crippen molar-refractivity contribution in [3.8, 4) is 0 Å². The summed E-state index contributed by atoms with van der Waals surface area (Å²) in [6, 6.07) is 0. The average molecular weight is 384 g/mol. The zero-order valence-corrected chi connectivity index (χ0v) is 18.3. The Morgan fingerprint density at radius 1 is 0.556 bits per heavy atom. The molecule has 0 spiro atoms. The molecule has 3 heteroatoms. The highest BCUT2D eigenvalue weighted by molar-refractivity contribution is 4.82. The largest absolute Gasteiger partial charge is 0.395 e. The molecule has 0 aromatic rings. The van der Waals surface area contributed by atoms with Gasteiger partial charge < -0.3 is 15.1 Å². The summed E-state index contributed by atoms with van der Waals surface area (Å²) in [5.74, 6) is 0. The molecule has 0 heterocycles. The highest BCUT2D eigenvalue weighted by Crippen LogP contribution is 2.14. The third kappa shape index (κ3) is 21.6. The first-order valence-electron chi connectivity index (χ1n) is 12.0. The zero-order valence-electron chi connectivity index (χ0n) is 18.3. The number of aliphatic hydroxyl groups is 2. The van der Waals surface area contributed by atoms with Crippen molar-refractivity contribution >= 4 is 0 Å². The van der Waals surface area contributed by atoms with Gasteiger partial charge in [-0.1, -0.05) is 109 Å². The fourth-order valence-corrected chi connectivity index (χ4v) is 3.55. The van der Waals surface area contributed by atoms with E-state index in [-0.39, 0.29) is 13.2 Å². The topological polar surface area (TPSA) is 43.7 Å². The first-order chi connectivity index (χ1) is 13.3. The molecule has 0 aliphatic carbocycles. The van der Waals surface area contributed by atoms with E-state index in [9.17, 15) is 0 Å². The Balaban J connectivity index is 3.20. The monoisotopic (exact) mass is 383 g/mol. The minimum Gasteiger partial charge on any atom is -0.395 e. The summed E-state index contributed by atoms with van der Waals surface area (Å²) in [7, 11) is 0. The Bertz CT molecular complexity index is 288. The molecule has 162 valence electrons. The first-order valence-corrected chi connectivity index (χ1v) is 12.0. The quantitative estimate of drug-likeness (QED) is 0.211. The maximum Gasteiger partial charge on any atom is 0.0606 e. The van der Waals surface area contributed by atoms with Gasteiger partial charge in [-0.15, -0.1) is 0 Å². The second-order valence-corrected chi connectivity index (χ2v) is 7.96. The predicted molar refractivity (Wildman–Crippen MR) is 119 cm³/mol. The van der Waals surface area contributed by atoms with Crippen LogP contribution in [0.25, 0.3) is 0 Å².